The molecule has 24 heavy (non-hydrogen) atoms. The molecule has 0 aliphatic rings. The van der Waals surface area contributed by atoms with Gasteiger partial charge in [0.1, 0.15) is 24.4 Å². The molecule has 0 saturated heterocycles. The Hall–Kier alpha value is -3.41. The Balaban J connectivity index is 1.59. The average Bonchev–Trinajstić information content (AvgIpc) is 2.62. The molecule has 2 aromatic carbocycles. The molecule has 0 saturated carbocycles. The van der Waals surface area contributed by atoms with E-state index >= 15 is 0 Å². The maximum Gasteiger partial charge on any atom is 0.287 e. The van der Waals surface area contributed by atoms with Crippen LogP contribution in [0.1, 0.15) is 5.56 Å². The largest absolute Gasteiger partial charge is 0.489 e. The van der Waals surface area contributed by atoms with Crippen LogP contribution in [-0.4, -0.2) is 9.91 Å². The van der Waals surface area contributed by atoms with E-state index in [4.69, 9.17) is 4.74 Å². The average molecular weight is 321 g/mol. The fraction of sp³-hybridized carbons (Fsp3) is 0.0556. The summed E-state index contributed by atoms with van der Waals surface area (Å²) in [5.41, 5.74) is 1.89. The van der Waals surface area contributed by atoms with Crippen molar-refractivity contribution in [2.24, 2.45) is 0 Å². The van der Waals surface area contributed by atoms with E-state index in [1.807, 2.05) is 54.6 Å². The Morgan fingerprint density at radius 1 is 1.00 bits per heavy atom. The lowest BCUT2D eigenvalue weighted by Crippen LogP contribution is -1.96. The summed E-state index contributed by atoms with van der Waals surface area (Å²) < 4.78 is 5.72. The molecular weight excluding hydrogens is 306 g/mol. The molecule has 0 bridgehead atoms. The minimum atomic E-state index is -0.477. The predicted octanol–water partition coefficient (Wildman–Crippen LogP) is 4.31. The van der Waals surface area contributed by atoms with Crippen LogP contribution in [-0.2, 0) is 6.61 Å². The van der Waals surface area contributed by atoms with Gasteiger partial charge in [0.25, 0.3) is 5.69 Å². The number of hydrogen-bond donors (Lipinski definition) is 1. The second-order valence-corrected chi connectivity index (χ2v) is 5.08. The zero-order valence-electron chi connectivity index (χ0n) is 12.8. The number of anilines is 2. The highest BCUT2D eigenvalue weighted by Crippen LogP contribution is 2.21. The molecule has 0 atom stereocenters. The zero-order valence-corrected chi connectivity index (χ0v) is 12.8. The van der Waals surface area contributed by atoms with E-state index in [9.17, 15) is 10.1 Å². The molecule has 3 rings (SSSR count). The number of aromatic nitrogens is 1. The van der Waals surface area contributed by atoms with Crippen LogP contribution >= 0.6 is 0 Å². The highest BCUT2D eigenvalue weighted by atomic mass is 16.6. The SMILES string of the molecule is O=[N+]([O-])c1ccc(Nc2ccc(OCc3ccccc3)cc2)nc1. The third kappa shape index (κ3) is 4.07. The van der Waals surface area contributed by atoms with E-state index in [1.54, 1.807) is 6.07 Å². The molecule has 120 valence electrons. The summed E-state index contributed by atoms with van der Waals surface area (Å²) in [6.45, 7) is 0.511. The van der Waals surface area contributed by atoms with Crippen molar-refractivity contribution < 1.29 is 9.66 Å². The number of nitrogens with zero attached hydrogens (tertiary/aromatic N) is 2. The highest BCUT2D eigenvalue weighted by Gasteiger charge is 2.05. The Morgan fingerprint density at radius 2 is 1.75 bits per heavy atom. The molecular formula is C18H15N3O3. The lowest BCUT2D eigenvalue weighted by Gasteiger charge is -2.08. The molecule has 6 nitrogen and oxygen atoms in total. The number of rotatable bonds is 6. The first-order valence-electron chi connectivity index (χ1n) is 7.35. The van der Waals surface area contributed by atoms with Gasteiger partial charge in [0.2, 0.25) is 0 Å². The van der Waals surface area contributed by atoms with Crippen LogP contribution in [0.25, 0.3) is 0 Å². The summed E-state index contributed by atoms with van der Waals surface area (Å²) in [5.74, 6) is 1.31. The Labute approximate surface area is 138 Å². The lowest BCUT2D eigenvalue weighted by molar-refractivity contribution is -0.385. The number of benzene rings is 2. The Bertz CT molecular complexity index is 803. The molecule has 0 spiro atoms. The van der Waals surface area contributed by atoms with Crippen LogP contribution in [0.15, 0.2) is 72.9 Å². The second kappa shape index (κ2) is 7.23. The summed E-state index contributed by atoms with van der Waals surface area (Å²) in [5, 5.41) is 13.7. The third-order valence-corrected chi connectivity index (χ3v) is 3.33. The predicted molar refractivity (Wildman–Crippen MR) is 91.4 cm³/mol. The molecule has 0 radical (unpaired) electrons. The fourth-order valence-electron chi connectivity index (χ4n) is 2.09. The maximum atomic E-state index is 10.6. The van der Waals surface area contributed by atoms with Crippen molar-refractivity contribution in [1.29, 1.82) is 0 Å². The molecule has 0 aliphatic carbocycles. The quantitative estimate of drug-likeness (QED) is 0.540. The number of hydrogen-bond acceptors (Lipinski definition) is 5. The molecule has 0 fully saturated rings. The van der Waals surface area contributed by atoms with Gasteiger partial charge < -0.3 is 10.1 Å². The summed E-state index contributed by atoms with van der Waals surface area (Å²) in [6, 6.07) is 20.4. The second-order valence-electron chi connectivity index (χ2n) is 5.08. The minimum absolute atomic E-state index is 0.0368. The van der Waals surface area contributed by atoms with E-state index in [-0.39, 0.29) is 5.69 Å². The van der Waals surface area contributed by atoms with Crippen LogP contribution in [0, 0.1) is 10.1 Å². The van der Waals surface area contributed by atoms with Crippen molar-refractivity contribution >= 4 is 17.2 Å². The zero-order chi connectivity index (χ0) is 16.8. The van der Waals surface area contributed by atoms with Gasteiger partial charge in [0.05, 0.1) is 4.92 Å². The maximum absolute atomic E-state index is 10.6. The Kier molecular flexibility index (Phi) is 4.67. The highest BCUT2D eigenvalue weighted by molar-refractivity contribution is 5.57. The molecule has 1 heterocycles. The monoisotopic (exact) mass is 321 g/mol. The molecule has 0 amide bonds. The van der Waals surface area contributed by atoms with Gasteiger partial charge in [-0.05, 0) is 35.9 Å². The summed E-state index contributed by atoms with van der Waals surface area (Å²) in [7, 11) is 0. The first-order chi connectivity index (χ1) is 11.7. The Morgan fingerprint density at radius 3 is 2.38 bits per heavy atom. The van der Waals surface area contributed by atoms with Crippen molar-refractivity contribution in [1.82, 2.24) is 4.98 Å². The van der Waals surface area contributed by atoms with Gasteiger partial charge in [0, 0.05) is 11.8 Å². The smallest absolute Gasteiger partial charge is 0.287 e. The van der Waals surface area contributed by atoms with Gasteiger partial charge in [-0.1, -0.05) is 30.3 Å². The van der Waals surface area contributed by atoms with E-state index in [0.717, 1.165) is 17.0 Å². The first-order valence-corrected chi connectivity index (χ1v) is 7.35. The molecule has 3 aromatic rings. The number of nitro groups is 1. The van der Waals surface area contributed by atoms with Crippen LogP contribution in [0.4, 0.5) is 17.2 Å². The van der Waals surface area contributed by atoms with Crippen molar-refractivity contribution in [3.63, 3.8) is 0 Å². The van der Waals surface area contributed by atoms with Crippen molar-refractivity contribution in [2.45, 2.75) is 6.61 Å². The van der Waals surface area contributed by atoms with Crippen LogP contribution in [0.5, 0.6) is 5.75 Å². The van der Waals surface area contributed by atoms with Gasteiger partial charge in [0.15, 0.2) is 0 Å². The molecule has 6 heteroatoms. The number of ether oxygens (including phenoxy) is 1. The van der Waals surface area contributed by atoms with Crippen LogP contribution in [0.2, 0.25) is 0 Å². The summed E-state index contributed by atoms with van der Waals surface area (Å²) in [6.07, 6.45) is 1.22. The van der Waals surface area contributed by atoms with E-state index < -0.39 is 4.92 Å². The normalized spacial score (nSPS) is 10.2. The third-order valence-electron chi connectivity index (χ3n) is 3.33. The van der Waals surface area contributed by atoms with Crippen molar-refractivity contribution in [3.8, 4) is 5.75 Å². The van der Waals surface area contributed by atoms with Crippen molar-refractivity contribution in [3.05, 3.63) is 88.6 Å². The number of nitrogens with one attached hydrogen (secondary N) is 1. The molecule has 1 N–H and O–H groups in total. The lowest BCUT2D eigenvalue weighted by atomic mass is 10.2. The first kappa shape index (κ1) is 15.5. The van der Waals surface area contributed by atoms with Gasteiger partial charge in [-0.3, -0.25) is 10.1 Å². The standard InChI is InChI=1S/C18H15N3O3/c22-21(23)16-8-11-18(19-12-16)20-15-6-9-17(10-7-15)24-13-14-4-2-1-3-5-14/h1-12H,13H2,(H,19,20). The topological polar surface area (TPSA) is 77.3 Å². The van der Waals surface area contributed by atoms with Gasteiger partial charge in [-0.2, -0.15) is 0 Å². The van der Waals surface area contributed by atoms with E-state index in [2.05, 4.69) is 10.3 Å². The summed E-state index contributed by atoms with van der Waals surface area (Å²) >= 11 is 0. The van der Waals surface area contributed by atoms with Crippen molar-refractivity contribution in [2.75, 3.05) is 5.32 Å². The van der Waals surface area contributed by atoms with E-state index in [0.29, 0.717) is 12.4 Å². The fourth-order valence-corrected chi connectivity index (χ4v) is 2.09. The van der Waals surface area contributed by atoms with Crippen LogP contribution < -0.4 is 10.1 Å². The summed E-state index contributed by atoms with van der Waals surface area (Å²) in [4.78, 5) is 14.1. The minimum Gasteiger partial charge on any atom is -0.489 e. The van der Waals surface area contributed by atoms with E-state index in [1.165, 1.54) is 12.3 Å². The molecule has 0 aliphatic heterocycles. The molecule has 0 unspecified atom stereocenters. The van der Waals surface area contributed by atoms with Crippen LogP contribution in [0.3, 0.4) is 0 Å². The van der Waals surface area contributed by atoms with Gasteiger partial charge in [-0.25, -0.2) is 4.98 Å². The molecule has 1 aromatic heterocycles. The van der Waals surface area contributed by atoms with Gasteiger partial charge in [-0.15, -0.1) is 0 Å². The number of pyridine rings is 1. The van der Waals surface area contributed by atoms with Gasteiger partial charge >= 0.3 is 0 Å².